The van der Waals surface area contributed by atoms with E-state index in [4.69, 9.17) is 5.73 Å². The molecule has 1 aromatic carbocycles. The summed E-state index contributed by atoms with van der Waals surface area (Å²) in [4.78, 5) is 14.4. The molecule has 2 heterocycles. The van der Waals surface area contributed by atoms with Crippen LogP contribution in [0.15, 0.2) is 29.2 Å². The Labute approximate surface area is 155 Å². The van der Waals surface area contributed by atoms with Crippen molar-refractivity contribution in [2.45, 2.75) is 37.1 Å². The smallest absolute Gasteiger partial charge is 0.253 e. The largest absolute Gasteiger partial charge is 0.337 e. The number of nitrogens with two attached hydrogens (primary N) is 1. The lowest BCUT2D eigenvalue weighted by molar-refractivity contribution is 0.0790. The van der Waals surface area contributed by atoms with E-state index in [-0.39, 0.29) is 29.3 Å². The quantitative estimate of drug-likeness (QED) is 0.855. The topological polar surface area (TPSA) is 83.7 Å². The molecular weight excluding hydrogens is 362 g/mol. The number of sulfonamides is 1. The molecule has 2 N–H and O–H groups in total. The highest BCUT2D eigenvalue weighted by Crippen LogP contribution is 2.24. The first-order valence-electron chi connectivity index (χ1n) is 8.53. The maximum absolute atomic E-state index is 12.7. The molecule has 0 saturated carbocycles. The molecule has 25 heavy (non-hydrogen) atoms. The molecule has 2 aliphatic heterocycles. The molecular formula is C17H26ClN3O3S. The molecule has 140 valence electrons. The minimum absolute atomic E-state index is 0. The number of nitrogens with zero attached hydrogens (tertiary/aromatic N) is 2. The molecule has 3 rings (SSSR count). The molecule has 0 aliphatic carbocycles. The summed E-state index contributed by atoms with van der Waals surface area (Å²) in [6, 6.07) is 6.32. The van der Waals surface area contributed by atoms with Crippen molar-refractivity contribution < 1.29 is 13.2 Å². The van der Waals surface area contributed by atoms with Crippen LogP contribution in [-0.2, 0) is 10.0 Å². The molecule has 1 aromatic rings. The van der Waals surface area contributed by atoms with E-state index in [0.717, 1.165) is 19.3 Å². The van der Waals surface area contributed by atoms with Crippen molar-refractivity contribution >= 4 is 28.3 Å². The minimum atomic E-state index is -3.47. The van der Waals surface area contributed by atoms with E-state index in [1.54, 1.807) is 21.3 Å². The van der Waals surface area contributed by atoms with Gasteiger partial charge in [-0.3, -0.25) is 4.79 Å². The molecule has 2 aliphatic rings. The summed E-state index contributed by atoms with van der Waals surface area (Å²) in [6.07, 6.45) is 2.60. The summed E-state index contributed by atoms with van der Waals surface area (Å²) in [6.45, 7) is 4.50. The molecule has 0 spiro atoms. The molecule has 0 bridgehead atoms. The normalized spacial score (nSPS) is 22.6. The molecule has 0 unspecified atom stereocenters. The lowest BCUT2D eigenvalue weighted by Gasteiger charge is -2.29. The molecule has 1 amide bonds. The van der Waals surface area contributed by atoms with Gasteiger partial charge in [-0.25, -0.2) is 8.42 Å². The third-order valence-electron chi connectivity index (χ3n) is 4.99. The predicted octanol–water partition coefficient (Wildman–Crippen LogP) is 1.70. The molecule has 8 heteroatoms. The van der Waals surface area contributed by atoms with Crippen molar-refractivity contribution in [3.05, 3.63) is 29.8 Å². The van der Waals surface area contributed by atoms with E-state index in [1.165, 1.54) is 12.1 Å². The van der Waals surface area contributed by atoms with E-state index in [0.29, 0.717) is 37.7 Å². The number of rotatable bonds is 3. The Morgan fingerprint density at radius 1 is 1.08 bits per heavy atom. The fourth-order valence-corrected chi connectivity index (χ4v) is 4.77. The number of carbonyl (C=O) groups is 1. The van der Waals surface area contributed by atoms with E-state index < -0.39 is 10.0 Å². The summed E-state index contributed by atoms with van der Waals surface area (Å²) >= 11 is 0. The van der Waals surface area contributed by atoms with Crippen LogP contribution >= 0.6 is 12.4 Å². The van der Waals surface area contributed by atoms with Crippen LogP contribution in [0.1, 0.15) is 36.5 Å². The average molecular weight is 388 g/mol. The first-order chi connectivity index (χ1) is 11.4. The second-order valence-corrected chi connectivity index (χ2v) is 8.85. The predicted molar refractivity (Wildman–Crippen MR) is 99.3 cm³/mol. The Morgan fingerprint density at radius 3 is 2.20 bits per heavy atom. The molecule has 6 nitrogen and oxygen atoms in total. The minimum Gasteiger partial charge on any atom is -0.337 e. The average Bonchev–Trinajstić information content (AvgIpc) is 3.01. The van der Waals surface area contributed by atoms with Gasteiger partial charge in [0.25, 0.3) is 5.91 Å². The van der Waals surface area contributed by atoms with Gasteiger partial charge in [-0.15, -0.1) is 12.4 Å². The number of likely N-dealkylation sites (tertiary alicyclic amines) is 1. The van der Waals surface area contributed by atoms with Gasteiger partial charge < -0.3 is 10.6 Å². The van der Waals surface area contributed by atoms with Gasteiger partial charge in [0.15, 0.2) is 0 Å². The number of halogens is 1. The lowest BCUT2D eigenvalue weighted by Crippen LogP contribution is -2.37. The highest BCUT2D eigenvalue weighted by Gasteiger charge is 2.29. The fraction of sp³-hybridized carbons (Fsp3) is 0.588. The van der Waals surface area contributed by atoms with Gasteiger partial charge in [0, 0.05) is 37.8 Å². The summed E-state index contributed by atoms with van der Waals surface area (Å²) in [5.41, 5.74) is 6.35. The van der Waals surface area contributed by atoms with Gasteiger partial charge in [0.05, 0.1) is 4.90 Å². The summed E-state index contributed by atoms with van der Waals surface area (Å²) in [5.74, 6) is 0.488. The van der Waals surface area contributed by atoms with Crippen LogP contribution in [0.5, 0.6) is 0 Å². The number of benzene rings is 1. The Morgan fingerprint density at radius 2 is 1.68 bits per heavy atom. The van der Waals surface area contributed by atoms with E-state index in [1.807, 2.05) is 0 Å². The van der Waals surface area contributed by atoms with Crippen molar-refractivity contribution in [3.8, 4) is 0 Å². The van der Waals surface area contributed by atoms with Gasteiger partial charge in [-0.2, -0.15) is 4.31 Å². The summed E-state index contributed by atoms with van der Waals surface area (Å²) in [5, 5.41) is 0. The van der Waals surface area contributed by atoms with Crippen LogP contribution in [-0.4, -0.2) is 55.8 Å². The van der Waals surface area contributed by atoms with Gasteiger partial charge >= 0.3 is 0 Å². The number of piperidine rings is 1. The Bertz CT molecular complexity index is 700. The molecule has 2 fully saturated rings. The maximum atomic E-state index is 12.7. The SMILES string of the molecule is CC1CCN(S(=O)(=O)c2ccc(C(=O)N3CC[C@@H](N)C3)cc2)CC1.Cl. The molecule has 1 atom stereocenters. The second kappa shape index (κ2) is 8.03. The third kappa shape index (κ3) is 4.34. The maximum Gasteiger partial charge on any atom is 0.253 e. The van der Waals surface area contributed by atoms with E-state index in [2.05, 4.69) is 6.92 Å². The Kier molecular flexibility index (Phi) is 6.48. The standard InChI is InChI=1S/C17H25N3O3S.ClH/c1-13-6-10-20(11-7-13)24(22,23)16-4-2-14(3-5-16)17(21)19-9-8-15(18)12-19;/h2-5,13,15H,6-12,18H2,1H3;1H/t15-;/m1./s1. The van der Waals surface area contributed by atoms with Crippen LogP contribution in [0.3, 0.4) is 0 Å². The van der Waals surface area contributed by atoms with Crippen LogP contribution < -0.4 is 5.73 Å². The van der Waals surface area contributed by atoms with E-state index >= 15 is 0 Å². The first-order valence-corrected chi connectivity index (χ1v) is 9.97. The van der Waals surface area contributed by atoms with Gasteiger partial charge in [0.1, 0.15) is 0 Å². The summed E-state index contributed by atoms with van der Waals surface area (Å²) < 4.78 is 26.9. The number of hydrogen-bond donors (Lipinski definition) is 1. The first kappa shape index (κ1) is 20.2. The monoisotopic (exact) mass is 387 g/mol. The molecule has 2 saturated heterocycles. The van der Waals surface area contributed by atoms with Crippen molar-refractivity contribution in [2.75, 3.05) is 26.2 Å². The van der Waals surface area contributed by atoms with Gasteiger partial charge in [-0.05, 0) is 49.4 Å². The number of carbonyl (C=O) groups excluding carboxylic acids is 1. The molecule has 0 aromatic heterocycles. The zero-order valence-electron chi connectivity index (χ0n) is 14.4. The van der Waals surface area contributed by atoms with Crippen LogP contribution in [0.4, 0.5) is 0 Å². The van der Waals surface area contributed by atoms with Crippen molar-refractivity contribution in [2.24, 2.45) is 11.7 Å². The van der Waals surface area contributed by atoms with E-state index in [9.17, 15) is 13.2 Å². The second-order valence-electron chi connectivity index (χ2n) is 6.91. The van der Waals surface area contributed by atoms with Crippen LogP contribution in [0.25, 0.3) is 0 Å². The van der Waals surface area contributed by atoms with Gasteiger partial charge in [-0.1, -0.05) is 6.92 Å². The number of amides is 1. The highest BCUT2D eigenvalue weighted by molar-refractivity contribution is 7.89. The summed E-state index contributed by atoms with van der Waals surface area (Å²) in [7, 11) is -3.47. The fourth-order valence-electron chi connectivity index (χ4n) is 3.30. The number of hydrogen-bond acceptors (Lipinski definition) is 4. The Balaban J connectivity index is 0.00000225. The van der Waals surface area contributed by atoms with Gasteiger partial charge in [0.2, 0.25) is 10.0 Å². The third-order valence-corrected chi connectivity index (χ3v) is 6.91. The lowest BCUT2D eigenvalue weighted by atomic mass is 10.0. The zero-order valence-corrected chi connectivity index (χ0v) is 16.1. The van der Waals surface area contributed by atoms with Crippen LogP contribution in [0, 0.1) is 5.92 Å². The van der Waals surface area contributed by atoms with Crippen LogP contribution in [0.2, 0.25) is 0 Å². The van der Waals surface area contributed by atoms with Crippen molar-refractivity contribution in [3.63, 3.8) is 0 Å². The Hall–Kier alpha value is -1.15. The highest BCUT2D eigenvalue weighted by atomic mass is 35.5. The zero-order chi connectivity index (χ0) is 17.3. The molecule has 0 radical (unpaired) electrons. The van der Waals surface area contributed by atoms with Crippen molar-refractivity contribution in [1.82, 2.24) is 9.21 Å². The van der Waals surface area contributed by atoms with Crippen molar-refractivity contribution in [1.29, 1.82) is 0 Å².